The summed E-state index contributed by atoms with van der Waals surface area (Å²) < 4.78 is 11.5. The molecular formula is C16H26N2O2. The normalized spacial score (nSPS) is 34.4. The Balaban J connectivity index is 1.60. The summed E-state index contributed by atoms with van der Waals surface area (Å²) in [6.07, 6.45) is 3.75. The average Bonchev–Trinajstić information content (AvgIpc) is 3.01. The molecule has 0 bridgehead atoms. The minimum atomic E-state index is 0.360. The zero-order chi connectivity index (χ0) is 14.1. The van der Waals surface area contributed by atoms with Crippen molar-refractivity contribution in [2.45, 2.75) is 50.8 Å². The summed E-state index contributed by atoms with van der Waals surface area (Å²) in [5.74, 6) is 3.70. The van der Waals surface area contributed by atoms with E-state index in [2.05, 4.69) is 24.0 Å². The zero-order valence-electron chi connectivity index (χ0n) is 12.5. The van der Waals surface area contributed by atoms with Crippen LogP contribution in [-0.2, 0) is 11.3 Å². The Morgan fingerprint density at radius 2 is 2.20 bits per heavy atom. The van der Waals surface area contributed by atoms with Gasteiger partial charge in [-0.1, -0.05) is 6.92 Å². The molecule has 1 aromatic heterocycles. The van der Waals surface area contributed by atoms with Gasteiger partial charge in [0, 0.05) is 32.2 Å². The standard InChI is InChI=1S/C16H26N2O2/c1-11-7-15(11)16-4-3-14(20-16)10-18-6-5-13(19-2)8-12(18)9-17/h3-4,11-13,15H,5-10,17H2,1-2H3. The van der Waals surface area contributed by atoms with Gasteiger partial charge in [-0.3, -0.25) is 4.90 Å². The van der Waals surface area contributed by atoms with Crippen LogP contribution >= 0.6 is 0 Å². The Kier molecular flexibility index (Phi) is 4.15. The largest absolute Gasteiger partial charge is 0.464 e. The third-order valence-electron chi connectivity index (χ3n) is 4.91. The van der Waals surface area contributed by atoms with Gasteiger partial charge in [-0.15, -0.1) is 0 Å². The molecule has 4 atom stereocenters. The van der Waals surface area contributed by atoms with Crippen LogP contribution < -0.4 is 5.73 Å². The van der Waals surface area contributed by atoms with Crippen molar-refractivity contribution in [3.05, 3.63) is 23.7 Å². The summed E-state index contributed by atoms with van der Waals surface area (Å²) >= 11 is 0. The molecule has 2 N–H and O–H groups in total. The molecule has 0 aromatic carbocycles. The number of nitrogens with two attached hydrogens (primary N) is 1. The molecule has 1 aliphatic carbocycles. The maximum absolute atomic E-state index is 6.01. The molecule has 4 nitrogen and oxygen atoms in total. The second-order valence-electron chi connectivity index (χ2n) is 6.37. The van der Waals surface area contributed by atoms with Gasteiger partial charge < -0.3 is 14.9 Å². The number of methoxy groups -OCH3 is 1. The molecule has 20 heavy (non-hydrogen) atoms. The van der Waals surface area contributed by atoms with Gasteiger partial charge in [0.2, 0.25) is 0 Å². The molecule has 0 spiro atoms. The molecule has 0 radical (unpaired) electrons. The molecule has 112 valence electrons. The molecule has 3 rings (SSSR count). The van der Waals surface area contributed by atoms with Crippen molar-refractivity contribution in [1.29, 1.82) is 0 Å². The van der Waals surface area contributed by atoms with Crippen molar-refractivity contribution in [2.24, 2.45) is 11.7 Å². The Labute approximate surface area is 121 Å². The molecule has 1 saturated carbocycles. The fraction of sp³-hybridized carbons (Fsp3) is 0.750. The summed E-state index contributed by atoms with van der Waals surface area (Å²) in [5, 5.41) is 0. The van der Waals surface area contributed by atoms with E-state index in [1.54, 1.807) is 7.11 Å². The van der Waals surface area contributed by atoms with E-state index in [1.165, 1.54) is 12.2 Å². The lowest BCUT2D eigenvalue weighted by Crippen LogP contribution is -2.47. The molecule has 4 heteroatoms. The van der Waals surface area contributed by atoms with Crippen molar-refractivity contribution < 1.29 is 9.15 Å². The first-order valence-corrected chi connectivity index (χ1v) is 7.76. The first-order chi connectivity index (χ1) is 9.71. The Hall–Kier alpha value is -0.840. The van der Waals surface area contributed by atoms with Gasteiger partial charge >= 0.3 is 0 Å². The van der Waals surface area contributed by atoms with Gasteiger partial charge in [0.1, 0.15) is 11.5 Å². The van der Waals surface area contributed by atoms with Gasteiger partial charge in [-0.2, -0.15) is 0 Å². The molecule has 1 aliphatic heterocycles. The van der Waals surface area contributed by atoms with Crippen LogP contribution in [0.2, 0.25) is 0 Å². The number of piperidine rings is 1. The first kappa shape index (κ1) is 14.1. The number of rotatable bonds is 5. The van der Waals surface area contributed by atoms with Crippen LogP contribution in [0.3, 0.4) is 0 Å². The van der Waals surface area contributed by atoms with E-state index >= 15 is 0 Å². The van der Waals surface area contributed by atoms with Crippen molar-refractivity contribution in [3.63, 3.8) is 0 Å². The monoisotopic (exact) mass is 278 g/mol. The first-order valence-electron chi connectivity index (χ1n) is 7.76. The fourth-order valence-electron chi connectivity index (χ4n) is 3.33. The van der Waals surface area contributed by atoms with E-state index in [-0.39, 0.29) is 0 Å². The minimum absolute atomic E-state index is 0.360. The quantitative estimate of drug-likeness (QED) is 0.898. The number of likely N-dealkylation sites (tertiary alicyclic amines) is 1. The molecule has 2 fully saturated rings. The highest BCUT2D eigenvalue weighted by Gasteiger charge is 2.37. The molecule has 1 saturated heterocycles. The molecule has 2 heterocycles. The summed E-state index contributed by atoms with van der Waals surface area (Å²) in [6.45, 7) is 4.88. The van der Waals surface area contributed by atoms with Gasteiger partial charge in [0.25, 0.3) is 0 Å². The molecule has 0 amide bonds. The van der Waals surface area contributed by atoms with Crippen molar-refractivity contribution >= 4 is 0 Å². The van der Waals surface area contributed by atoms with E-state index in [9.17, 15) is 0 Å². The van der Waals surface area contributed by atoms with Crippen LogP contribution in [0.15, 0.2) is 16.5 Å². The van der Waals surface area contributed by atoms with Gasteiger partial charge in [-0.05, 0) is 37.3 Å². The highest BCUT2D eigenvalue weighted by atomic mass is 16.5. The maximum Gasteiger partial charge on any atom is 0.118 e. The van der Waals surface area contributed by atoms with Crippen LogP contribution in [0.25, 0.3) is 0 Å². The van der Waals surface area contributed by atoms with Gasteiger partial charge in [0.15, 0.2) is 0 Å². The third kappa shape index (κ3) is 2.92. The number of hydrogen-bond donors (Lipinski definition) is 1. The number of furan rings is 1. The van der Waals surface area contributed by atoms with E-state index in [0.29, 0.717) is 24.6 Å². The maximum atomic E-state index is 6.01. The molecule has 4 unspecified atom stereocenters. The van der Waals surface area contributed by atoms with Crippen molar-refractivity contribution in [3.8, 4) is 0 Å². The molecular weight excluding hydrogens is 252 g/mol. The topological polar surface area (TPSA) is 51.6 Å². The minimum Gasteiger partial charge on any atom is -0.464 e. The lowest BCUT2D eigenvalue weighted by atomic mass is 9.99. The van der Waals surface area contributed by atoms with Crippen molar-refractivity contribution in [2.75, 3.05) is 20.2 Å². The van der Waals surface area contributed by atoms with Crippen LogP contribution in [0.5, 0.6) is 0 Å². The van der Waals surface area contributed by atoms with Crippen LogP contribution in [0.4, 0.5) is 0 Å². The average molecular weight is 278 g/mol. The molecule has 1 aromatic rings. The third-order valence-corrected chi connectivity index (χ3v) is 4.91. The lowest BCUT2D eigenvalue weighted by Gasteiger charge is -2.37. The summed E-state index contributed by atoms with van der Waals surface area (Å²) in [7, 11) is 1.80. The van der Waals surface area contributed by atoms with E-state index in [1.807, 2.05) is 0 Å². The summed E-state index contributed by atoms with van der Waals surface area (Å²) in [4.78, 5) is 2.44. The predicted molar refractivity (Wildman–Crippen MR) is 78.5 cm³/mol. The van der Waals surface area contributed by atoms with E-state index in [0.717, 1.165) is 37.6 Å². The van der Waals surface area contributed by atoms with E-state index < -0.39 is 0 Å². The summed E-state index contributed by atoms with van der Waals surface area (Å²) in [5.41, 5.74) is 5.92. The SMILES string of the molecule is COC1CCN(Cc2ccc(C3CC3C)o2)C(CN)C1. The van der Waals surface area contributed by atoms with Crippen LogP contribution in [0, 0.1) is 5.92 Å². The highest BCUT2D eigenvalue weighted by Crippen LogP contribution is 2.47. The number of nitrogens with zero attached hydrogens (tertiary/aromatic N) is 1. The smallest absolute Gasteiger partial charge is 0.118 e. The predicted octanol–water partition coefficient (Wildman–Crippen LogP) is 2.34. The second kappa shape index (κ2) is 5.88. The number of hydrogen-bond acceptors (Lipinski definition) is 4. The van der Waals surface area contributed by atoms with Gasteiger partial charge in [-0.25, -0.2) is 0 Å². The zero-order valence-corrected chi connectivity index (χ0v) is 12.5. The molecule has 2 aliphatic rings. The number of ether oxygens (including phenoxy) is 1. The van der Waals surface area contributed by atoms with E-state index in [4.69, 9.17) is 14.9 Å². The van der Waals surface area contributed by atoms with Crippen LogP contribution in [0.1, 0.15) is 43.6 Å². The lowest BCUT2D eigenvalue weighted by molar-refractivity contribution is 0.00786. The van der Waals surface area contributed by atoms with Crippen molar-refractivity contribution in [1.82, 2.24) is 4.90 Å². The summed E-state index contributed by atoms with van der Waals surface area (Å²) in [6, 6.07) is 4.70. The Morgan fingerprint density at radius 3 is 2.85 bits per heavy atom. The fourth-order valence-corrected chi connectivity index (χ4v) is 3.33. The highest BCUT2D eigenvalue weighted by molar-refractivity contribution is 5.17. The van der Waals surface area contributed by atoms with Crippen LogP contribution in [-0.4, -0.2) is 37.2 Å². The Bertz CT molecular complexity index is 445. The Morgan fingerprint density at radius 1 is 1.40 bits per heavy atom. The van der Waals surface area contributed by atoms with Gasteiger partial charge in [0.05, 0.1) is 12.6 Å². The second-order valence-corrected chi connectivity index (χ2v) is 6.37.